The maximum absolute atomic E-state index is 12.4. The standard InChI is InChI=1S/C16H31O8PSi/c1-16(2,3)26(7,8)24-14-12(17)9-11(15(18)20-4)10-13(14)23-25(19,21-5)22-6/h10,12-14,17H,9H2,1-8H3. The van der Waals surface area contributed by atoms with E-state index in [-0.39, 0.29) is 17.0 Å². The van der Waals surface area contributed by atoms with Crippen molar-refractivity contribution in [1.29, 1.82) is 0 Å². The smallest absolute Gasteiger partial charge is 0.466 e. The van der Waals surface area contributed by atoms with Crippen LogP contribution in [0.3, 0.4) is 0 Å². The van der Waals surface area contributed by atoms with Crippen LogP contribution in [-0.2, 0) is 32.1 Å². The van der Waals surface area contributed by atoms with Gasteiger partial charge in [-0.3, -0.25) is 13.6 Å². The van der Waals surface area contributed by atoms with Crippen LogP contribution in [0.4, 0.5) is 0 Å². The maximum Gasteiger partial charge on any atom is 0.474 e. The molecule has 0 bridgehead atoms. The lowest BCUT2D eigenvalue weighted by Crippen LogP contribution is -2.53. The molecule has 0 heterocycles. The van der Waals surface area contributed by atoms with Gasteiger partial charge in [0.05, 0.1) is 13.2 Å². The number of aliphatic hydroxyl groups is 1. The first-order valence-electron chi connectivity index (χ1n) is 8.35. The van der Waals surface area contributed by atoms with Gasteiger partial charge in [0.1, 0.15) is 12.2 Å². The van der Waals surface area contributed by atoms with Crippen molar-refractivity contribution >= 4 is 22.1 Å². The van der Waals surface area contributed by atoms with E-state index < -0.39 is 40.4 Å². The minimum atomic E-state index is -3.86. The summed E-state index contributed by atoms with van der Waals surface area (Å²) < 4.78 is 38.6. The fraction of sp³-hybridized carbons (Fsp3) is 0.812. The lowest BCUT2D eigenvalue weighted by atomic mass is 9.92. The zero-order valence-corrected chi connectivity index (χ0v) is 18.7. The quantitative estimate of drug-likeness (QED) is 0.388. The molecule has 152 valence electrons. The molecule has 0 saturated carbocycles. The van der Waals surface area contributed by atoms with E-state index >= 15 is 0 Å². The van der Waals surface area contributed by atoms with Gasteiger partial charge in [0.15, 0.2) is 8.32 Å². The highest BCUT2D eigenvalue weighted by Gasteiger charge is 2.46. The molecule has 10 heteroatoms. The number of rotatable bonds is 7. The maximum atomic E-state index is 12.4. The molecule has 0 aliphatic heterocycles. The lowest BCUT2D eigenvalue weighted by molar-refractivity contribution is -0.137. The third kappa shape index (κ3) is 5.48. The van der Waals surface area contributed by atoms with Gasteiger partial charge in [-0.05, 0) is 24.2 Å². The Hall–Kier alpha value is -0.543. The van der Waals surface area contributed by atoms with Crippen LogP contribution >= 0.6 is 7.82 Å². The van der Waals surface area contributed by atoms with Crippen molar-refractivity contribution in [2.75, 3.05) is 21.3 Å². The number of ether oxygens (including phenoxy) is 1. The van der Waals surface area contributed by atoms with Crippen LogP contribution in [0.25, 0.3) is 0 Å². The number of carbonyl (C=O) groups is 1. The topological polar surface area (TPSA) is 101 Å². The summed E-state index contributed by atoms with van der Waals surface area (Å²) in [7, 11) is -2.51. The van der Waals surface area contributed by atoms with E-state index in [1.54, 1.807) is 0 Å². The molecule has 26 heavy (non-hydrogen) atoms. The molecule has 8 nitrogen and oxygen atoms in total. The fourth-order valence-corrected chi connectivity index (χ4v) is 4.39. The van der Waals surface area contributed by atoms with Crippen LogP contribution in [-0.4, -0.2) is 59.0 Å². The highest BCUT2D eigenvalue weighted by atomic mass is 31.2. The molecule has 1 N–H and O–H groups in total. The summed E-state index contributed by atoms with van der Waals surface area (Å²) in [6, 6.07) is 0. The number of hydrogen-bond donors (Lipinski definition) is 1. The predicted molar refractivity (Wildman–Crippen MR) is 99.3 cm³/mol. The summed E-state index contributed by atoms with van der Waals surface area (Å²) in [5, 5.41) is 10.5. The molecule has 0 aromatic rings. The van der Waals surface area contributed by atoms with E-state index in [0.717, 1.165) is 0 Å². The SMILES string of the molecule is COC(=O)C1=CC(OP(=O)(OC)OC)C(O[Si](C)(C)C(C)(C)C)C(O)C1. The van der Waals surface area contributed by atoms with Crippen LogP contribution in [0.1, 0.15) is 27.2 Å². The molecule has 0 amide bonds. The van der Waals surface area contributed by atoms with Crippen molar-refractivity contribution in [2.24, 2.45) is 0 Å². The number of phosphoric ester groups is 1. The van der Waals surface area contributed by atoms with Gasteiger partial charge in [-0.2, -0.15) is 0 Å². The summed E-state index contributed by atoms with van der Waals surface area (Å²) in [5.41, 5.74) is 0.221. The van der Waals surface area contributed by atoms with Crippen molar-refractivity contribution in [3.63, 3.8) is 0 Å². The molecular formula is C16H31O8PSi. The molecule has 0 aromatic heterocycles. The van der Waals surface area contributed by atoms with Gasteiger partial charge in [-0.15, -0.1) is 0 Å². The first-order valence-corrected chi connectivity index (χ1v) is 12.7. The average Bonchev–Trinajstić information content (AvgIpc) is 2.55. The lowest BCUT2D eigenvalue weighted by Gasteiger charge is -2.43. The monoisotopic (exact) mass is 410 g/mol. The highest BCUT2D eigenvalue weighted by molar-refractivity contribution is 7.48. The summed E-state index contributed by atoms with van der Waals surface area (Å²) in [5.74, 6) is -0.590. The summed E-state index contributed by atoms with van der Waals surface area (Å²) in [6.45, 7) is 10.3. The fourth-order valence-electron chi connectivity index (χ4n) is 2.27. The number of phosphoric acid groups is 1. The molecule has 0 aromatic carbocycles. The first-order chi connectivity index (χ1) is 11.8. The second-order valence-corrected chi connectivity index (χ2v) is 14.3. The number of carbonyl (C=O) groups excluding carboxylic acids is 1. The van der Waals surface area contributed by atoms with E-state index in [1.807, 2.05) is 13.1 Å². The molecule has 1 aliphatic rings. The number of aliphatic hydroxyl groups excluding tert-OH is 1. The van der Waals surface area contributed by atoms with Crippen molar-refractivity contribution in [3.8, 4) is 0 Å². The normalized spacial score (nSPS) is 25.0. The van der Waals surface area contributed by atoms with Crippen LogP contribution in [0.2, 0.25) is 18.1 Å². The van der Waals surface area contributed by atoms with Crippen molar-refractivity contribution in [2.45, 2.75) is 63.6 Å². The molecule has 0 radical (unpaired) electrons. The van der Waals surface area contributed by atoms with E-state index in [2.05, 4.69) is 20.8 Å². The molecule has 0 fully saturated rings. The van der Waals surface area contributed by atoms with Gasteiger partial charge in [-0.1, -0.05) is 20.8 Å². The van der Waals surface area contributed by atoms with Gasteiger partial charge in [0, 0.05) is 26.2 Å². The molecule has 0 saturated heterocycles. The van der Waals surface area contributed by atoms with Gasteiger partial charge in [0.2, 0.25) is 0 Å². The van der Waals surface area contributed by atoms with Gasteiger partial charge < -0.3 is 14.3 Å². The van der Waals surface area contributed by atoms with Crippen molar-refractivity contribution < 1.29 is 37.2 Å². The van der Waals surface area contributed by atoms with Crippen molar-refractivity contribution in [3.05, 3.63) is 11.6 Å². The summed E-state index contributed by atoms with van der Waals surface area (Å²) >= 11 is 0. The van der Waals surface area contributed by atoms with Gasteiger partial charge >= 0.3 is 13.8 Å². The predicted octanol–water partition coefficient (Wildman–Crippen LogP) is 3.03. The van der Waals surface area contributed by atoms with E-state index in [4.69, 9.17) is 22.7 Å². The van der Waals surface area contributed by atoms with Crippen LogP contribution in [0, 0.1) is 0 Å². The van der Waals surface area contributed by atoms with Gasteiger partial charge in [-0.25, -0.2) is 9.36 Å². The molecule has 0 spiro atoms. The Kier molecular flexibility index (Phi) is 7.81. The van der Waals surface area contributed by atoms with Crippen LogP contribution in [0.5, 0.6) is 0 Å². The van der Waals surface area contributed by atoms with Crippen LogP contribution < -0.4 is 0 Å². The first kappa shape index (κ1) is 23.5. The molecule has 1 aliphatic carbocycles. The zero-order valence-electron chi connectivity index (χ0n) is 16.8. The Balaban J connectivity index is 3.25. The minimum Gasteiger partial charge on any atom is -0.466 e. The van der Waals surface area contributed by atoms with Gasteiger partial charge in [0.25, 0.3) is 0 Å². The Morgan fingerprint density at radius 2 is 1.77 bits per heavy atom. The average molecular weight is 410 g/mol. The van der Waals surface area contributed by atoms with Crippen molar-refractivity contribution in [1.82, 2.24) is 0 Å². The number of hydrogen-bond acceptors (Lipinski definition) is 8. The van der Waals surface area contributed by atoms with E-state index in [1.165, 1.54) is 27.4 Å². The third-order valence-electron chi connectivity index (χ3n) is 4.88. The molecule has 3 atom stereocenters. The number of esters is 1. The second kappa shape index (κ2) is 8.64. The van der Waals surface area contributed by atoms with E-state index in [0.29, 0.717) is 0 Å². The largest absolute Gasteiger partial charge is 0.474 e. The molecular weight excluding hydrogens is 379 g/mol. The Labute approximate surface area is 156 Å². The Morgan fingerprint density at radius 1 is 1.23 bits per heavy atom. The second-order valence-electron chi connectivity index (χ2n) is 7.68. The van der Waals surface area contributed by atoms with Crippen LogP contribution in [0.15, 0.2) is 11.6 Å². The molecule has 1 rings (SSSR count). The summed E-state index contributed by atoms with van der Waals surface area (Å²) in [4.78, 5) is 11.9. The minimum absolute atomic E-state index is 0.0517. The third-order valence-corrected chi connectivity index (χ3v) is 10.7. The zero-order chi connectivity index (χ0) is 20.3. The van der Waals surface area contributed by atoms with E-state index in [9.17, 15) is 14.5 Å². The molecule has 3 unspecified atom stereocenters. The summed E-state index contributed by atoms with van der Waals surface area (Å²) in [6.07, 6.45) is -1.33. The Morgan fingerprint density at radius 3 is 2.19 bits per heavy atom. The Bertz CT molecular complexity index is 575. The highest BCUT2D eigenvalue weighted by Crippen LogP contribution is 2.51. The number of methoxy groups -OCH3 is 1.